The van der Waals surface area contributed by atoms with Crippen LogP contribution in [0.4, 0.5) is 0 Å². The predicted octanol–water partition coefficient (Wildman–Crippen LogP) is 4.77. The van der Waals surface area contributed by atoms with Gasteiger partial charge >= 0.3 is 0 Å². The zero-order chi connectivity index (χ0) is 21.7. The molecular weight excluding hydrogens is 386 g/mol. The van der Waals surface area contributed by atoms with E-state index < -0.39 is 13.7 Å². The molecule has 1 saturated carbocycles. The highest BCUT2D eigenvalue weighted by molar-refractivity contribution is 6.99. The van der Waals surface area contributed by atoms with E-state index >= 15 is 0 Å². The van der Waals surface area contributed by atoms with E-state index in [4.69, 9.17) is 4.43 Å². The maximum atomic E-state index is 12.2. The third kappa shape index (κ3) is 4.19. The van der Waals surface area contributed by atoms with E-state index in [-0.39, 0.29) is 10.8 Å². The molecule has 0 aliphatic heterocycles. The molecule has 3 nitrogen and oxygen atoms in total. The molecular formula is C26H31NO2Si. The largest absolute Gasteiger partial charge is 0.404 e. The van der Waals surface area contributed by atoms with E-state index in [2.05, 4.69) is 75.4 Å². The van der Waals surface area contributed by atoms with Gasteiger partial charge in [-0.05, 0) is 34.7 Å². The Bertz CT molecular complexity index is 886. The average Bonchev–Trinajstić information content (AvgIpc) is 3.12. The van der Waals surface area contributed by atoms with Gasteiger partial charge in [-0.25, -0.2) is 0 Å². The van der Waals surface area contributed by atoms with E-state index in [1.54, 1.807) is 0 Å². The summed E-state index contributed by atoms with van der Waals surface area (Å²) in [5.41, 5.74) is -0.825. The number of allylic oxidation sites excluding steroid dienone is 1. The molecule has 0 heterocycles. The van der Waals surface area contributed by atoms with Crippen molar-refractivity contribution in [3.8, 4) is 6.07 Å². The fraction of sp³-hybridized carbons (Fsp3) is 0.385. The third-order valence-electron chi connectivity index (χ3n) is 6.20. The Labute approximate surface area is 181 Å². The van der Waals surface area contributed by atoms with Crippen LogP contribution in [0, 0.1) is 16.7 Å². The van der Waals surface area contributed by atoms with Crippen LogP contribution in [0.3, 0.4) is 0 Å². The van der Waals surface area contributed by atoms with Gasteiger partial charge in [0.15, 0.2) is 5.78 Å². The summed E-state index contributed by atoms with van der Waals surface area (Å²) < 4.78 is 6.81. The maximum Gasteiger partial charge on any atom is 0.261 e. The Morgan fingerprint density at radius 2 is 1.60 bits per heavy atom. The van der Waals surface area contributed by atoms with Gasteiger partial charge in [0, 0.05) is 6.42 Å². The van der Waals surface area contributed by atoms with Crippen LogP contribution in [0.1, 0.15) is 46.5 Å². The molecule has 3 rings (SSSR count). The van der Waals surface area contributed by atoms with E-state index in [1.165, 1.54) is 10.4 Å². The molecule has 2 aromatic carbocycles. The molecule has 0 spiro atoms. The number of Topliss-reactive ketones (excluding diaryl/α,β-unsaturated/α-hetero) is 1. The van der Waals surface area contributed by atoms with Gasteiger partial charge in [0.2, 0.25) is 0 Å². The fourth-order valence-corrected chi connectivity index (χ4v) is 9.10. The highest BCUT2D eigenvalue weighted by Crippen LogP contribution is 2.38. The summed E-state index contributed by atoms with van der Waals surface area (Å²) in [4.78, 5) is 12.2. The molecule has 0 N–H and O–H groups in total. The van der Waals surface area contributed by atoms with Crippen molar-refractivity contribution in [3.05, 3.63) is 72.8 Å². The van der Waals surface area contributed by atoms with Crippen LogP contribution in [0.2, 0.25) is 5.04 Å². The van der Waals surface area contributed by atoms with E-state index in [0.717, 1.165) is 6.42 Å². The molecule has 0 amide bonds. The minimum Gasteiger partial charge on any atom is -0.404 e. The average molecular weight is 418 g/mol. The number of benzene rings is 2. The van der Waals surface area contributed by atoms with Gasteiger partial charge < -0.3 is 4.43 Å². The topological polar surface area (TPSA) is 50.1 Å². The van der Waals surface area contributed by atoms with Crippen LogP contribution in [0.5, 0.6) is 0 Å². The van der Waals surface area contributed by atoms with Crippen molar-refractivity contribution in [1.29, 1.82) is 5.26 Å². The molecule has 0 aromatic heterocycles. The van der Waals surface area contributed by atoms with E-state index in [1.807, 2.05) is 24.3 Å². The molecule has 1 aliphatic rings. The Balaban J connectivity index is 1.87. The number of carbonyl (C=O) groups excluding carboxylic acids is 1. The maximum absolute atomic E-state index is 12.2. The van der Waals surface area contributed by atoms with Crippen molar-refractivity contribution in [1.82, 2.24) is 0 Å². The summed E-state index contributed by atoms with van der Waals surface area (Å²) in [6.07, 6.45) is 6.45. The van der Waals surface area contributed by atoms with Gasteiger partial charge in [-0.1, -0.05) is 93.6 Å². The predicted molar refractivity (Wildman–Crippen MR) is 124 cm³/mol. The Morgan fingerprint density at radius 1 is 1.03 bits per heavy atom. The second-order valence-electron chi connectivity index (χ2n) is 9.12. The fourth-order valence-electron chi connectivity index (χ4n) is 4.60. The standard InChI is InChI=1S/C26H31NO2Si/c1-25(2,3)30(22-13-6-4-7-14-22,23-15-8-5-9-16-23)29-20-11-10-18-26(21-27)19-12-17-24(26)28/h4-11,13-16H,12,17-20H2,1-3H3/b11-10+/t26-/m1/s1. The first-order valence-electron chi connectivity index (χ1n) is 10.7. The summed E-state index contributed by atoms with van der Waals surface area (Å²) in [6.45, 7) is 7.23. The molecule has 1 atom stereocenters. The van der Waals surface area contributed by atoms with E-state index in [9.17, 15) is 10.1 Å². The van der Waals surface area contributed by atoms with Crippen molar-refractivity contribution >= 4 is 24.5 Å². The first-order valence-corrected chi connectivity index (χ1v) is 12.6. The monoisotopic (exact) mass is 417 g/mol. The molecule has 30 heavy (non-hydrogen) atoms. The van der Waals surface area contributed by atoms with Gasteiger partial charge in [0.25, 0.3) is 8.32 Å². The molecule has 0 radical (unpaired) electrons. The smallest absolute Gasteiger partial charge is 0.261 e. The summed E-state index contributed by atoms with van der Waals surface area (Å²) in [5.74, 6) is 0.0857. The van der Waals surface area contributed by atoms with Gasteiger partial charge in [-0.15, -0.1) is 0 Å². The second-order valence-corrected chi connectivity index (χ2v) is 13.4. The lowest BCUT2D eigenvalue weighted by Gasteiger charge is -2.42. The number of nitrogens with zero attached hydrogens (tertiary/aromatic N) is 1. The normalized spacial score (nSPS) is 19.9. The highest BCUT2D eigenvalue weighted by Gasteiger charge is 2.50. The lowest BCUT2D eigenvalue weighted by atomic mass is 9.83. The van der Waals surface area contributed by atoms with Gasteiger partial charge in [0.05, 0.1) is 12.7 Å². The summed E-state index contributed by atoms with van der Waals surface area (Å²) in [6, 6.07) is 23.4. The van der Waals surface area contributed by atoms with Crippen LogP contribution >= 0.6 is 0 Å². The first kappa shape index (κ1) is 22.2. The van der Waals surface area contributed by atoms with Gasteiger partial charge in [-0.3, -0.25) is 4.79 Å². The quantitative estimate of drug-likeness (QED) is 0.481. The molecule has 0 saturated heterocycles. The molecule has 1 fully saturated rings. The van der Waals surface area contributed by atoms with Crippen molar-refractivity contribution in [3.63, 3.8) is 0 Å². The lowest BCUT2D eigenvalue weighted by Crippen LogP contribution is -2.66. The minimum absolute atomic E-state index is 0.0706. The lowest BCUT2D eigenvalue weighted by molar-refractivity contribution is -0.123. The molecule has 1 aliphatic carbocycles. The van der Waals surface area contributed by atoms with Crippen molar-refractivity contribution < 1.29 is 9.22 Å². The van der Waals surface area contributed by atoms with Crippen LogP contribution < -0.4 is 10.4 Å². The number of hydrogen-bond donors (Lipinski definition) is 0. The molecule has 4 heteroatoms. The van der Waals surface area contributed by atoms with Crippen molar-refractivity contribution in [2.45, 2.75) is 51.5 Å². The number of hydrogen-bond acceptors (Lipinski definition) is 3. The number of ketones is 1. The van der Waals surface area contributed by atoms with Crippen LogP contribution in [0.25, 0.3) is 0 Å². The number of carbonyl (C=O) groups is 1. The molecule has 0 unspecified atom stereocenters. The van der Waals surface area contributed by atoms with E-state index in [0.29, 0.717) is 25.9 Å². The third-order valence-corrected chi connectivity index (χ3v) is 11.2. The minimum atomic E-state index is -2.55. The Morgan fingerprint density at radius 3 is 2.03 bits per heavy atom. The zero-order valence-electron chi connectivity index (χ0n) is 18.2. The Kier molecular flexibility index (Phi) is 6.75. The summed E-state index contributed by atoms with van der Waals surface area (Å²) >= 11 is 0. The second kappa shape index (κ2) is 9.12. The van der Waals surface area contributed by atoms with Crippen molar-refractivity contribution in [2.75, 3.05) is 6.61 Å². The number of rotatable bonds is 7. The summed E-state index contributed by atoms with van der Waals surface area (Å²) in [5, 5.41) is 12.0. The van der Waals surface area contributed by atoms with Gasteiger partial charge in [-0.2, -0.15) is 5.26 Å². The van der Waals surface area contributed by atoms with Crippen LogP contribution in [0.15, 0.2) is 72.8 Å². The SMILES string of the molecule is CC(C)(C)[Si](OC/C=C/C[C@]1(C#N)CCCC1=O)(c1ccccc1)c1ccccc1. The molecule has 0 bridgehead atoms. The summed E-state index contributed by atoms with van der Waals surface area (Å²) in [7, 11) is -2.55. The highest BCUT2D eigenvalue weighted by atomic mass is 28.4. The molecule has 156 valence electrons. The van der Waals surface area contributed by atoms with Gasteiger partial charge in [0.1, 0.15) is 5.41 Å². The zero-order valence-corrected chi connectivity index (χ0v) is 19.2. The van der Waals surface area contributed by atoms with Crippen LogP contribution in [-0.4, -0.2) is 20.7 Å². The first-order chi connectivity index (χ1) is 14.4. The van der Waals surface area contributed by atoms with Crippen LogP contribution in [-0.2, 0) is 9.22 Å². The number of nitriles is 1. The molecule has 2 aromatic rings. The van der Waals surface area contributed by atoms with Crippen molar-refractivity contribution in [2.24, 2.45) is 5.41 Å². The Hall–Kier alpha value is -2.48.